The number of aliphatic hydroxyl groups excluding tert-OH is 1. The molecule has 4 N–H and O–H groups in total. The molecule has 1 fully saturated rings. The van der Waals surface area contributed by atoms with Gasteiger partial charge in [-0.3, -0.25) is 0 Å². The summed E-state index contributed by atoms with van der Waals surface area (Å²) in [5, 5.41) is 9.08. The van der Waals surface area contributed by atoms with Gasteiger partial charge in [-0.25, -0.2) is 13.1 Å². The number of sulfonamides is 1. The summed E-state index contributed by atoms with van der Waals surface area (Å²) in [5.41, 5.74) is 5.52. The Bertz CT molecular complexity index is 540. The number of nitrogens with one attached hydrogen (secondary N) is 1. The minimum absolute atomic E-state index is 0.0420. The largest absolute Gasteiger partial charge is 0.492 e. The van der Waals surface area contributed by atoms with Gasteiger partial charge in [0, 0.05) is 11.8 Å². The fourth-order valence-corrected chi connectivity index (χ4v) is 3.03. The van der Waals surface area contributed by atoms with Crippen LogP contribution in [0, 0.1) is 0 Å². The Kier molecular flexibility index (Phi) is 3.98. The lowest BCUT2D eigenvalue weighted by Crippen LogP contribution is -2.41. The first-order valence-corrected chi connectivity index (χ1v) is 7.71. The van der Waals surface area contributed by atoms with Crippen LogP contribution in [0.3, 0.4) is 0 Å². The third-order valence-corrected chi connectivity index (χ3v) is 4.46. The van der Waals surface area contributed by atoms with Gasteiger partial charge in [-0.2, -0.15) is 0 Å². The molecule has 0 aromatic heterocycles. The Morgan fingerprint density at radius 2 is 2.16 bits per heavy atom. The molecule has 0 bridgehead atoms. The van der Waals surface area contributed by atoms with E-state index in [0.717, 1.165) is 0 Å². The molecule has 106 valence electrons. The molecule has 1 aromatic carbocycles. The van der Waals surface area contributed by atoms with Crippen molar-refractivity contribution in [3.63, 3.8) is 0 Å². The number of anilines is 1. The van der Waals surface area contributed by atoms with Crippen LogP contribution in [0.15, 0.2) is 24.3 Å². The predicted octanol–water partition coefficient (Wildman–Crippen LogP) is 0.0919. The van der Waals surface area contributed by atoms with E-state index in [2.05, 4.69) is 4.72 Å². The van der Waals surface area contributed by atoms with Crippen molar-refractivity contribution in [3.05, 3.63) is 24.3 Å². The summed E-state index contributed by atoms with van der Waals surface area (Å²) < 4.78 is 31.4. The lowest BCUT2D eigenvalue weighted by atomic mass is 10.3. The summed E-state index contributed by atoms with van der Waals surface area (Å²) >= 11 is 0. The quantitative estimate of drug-likeness (QED) is 0.617. The number of nitrogen functional groups attached to an aromatic ring is 1. The van der Waals surface area contributed by atoms with Gasteiger partial charge in [0.25, 0.3) is 0 Å². The average molecular weight is 286 g/mol. The Morgan fingerprint density at radius 3 is 2.74 bits per heavy atom. The second kappa shape index (κ2) is 5.36. The van der Waals surface area contributed by atoms with E-state index >= 15 is 0 Å². The second-order valence-corrected chi connectivity index (χ2v) is 6.62. The van der Waals surface area contributed by atoms with Crippen LogP contribution in [0.25, 0.3) is 0 Å². The molecule has 1 aromatic rings. The zero-order valence-electron chi connectivity index (χ0n) is 10.5. The molecule has 0 aliphatic heterocycles. The molecule has 19 heavy (non-hydrogen) atoms. The third kappa shape index (κ3) is 4.09. The highest BCUT2D eigenvalue weighted by molar-refractivity contribution is 7.89. The molecular weight excluding hydrogens is 268 g/mol. The molecule has 0 heterocycles. The van der Waals surface area contributed by atoms with E-state index in [4.69, 9.17) is 15.6 Å². The molecule has 0 unspecified atom stereocenters. The van der Waals surface area contributed by atoms with Gasteiger partial charge in [0.1, 0.15) is 12.4 Å². The smallest absolute Gasteiger partial charge is 0.215 e. The van der Waals surface area contributed by atoms with Gasteiger partial charge in [-0.05, 0) is 25.0 Å². The van der Waals surface area contributed by atoms with Gasteiger partial charge in [-0.15, -0.1) is 0 Å². The van der Waals surface area contributed by atoms with Gasteiger partial charge in [0.15, 0.2) is 0 Å². The number of hydrogen-bond acceptors (Lipinski definition) is 5. The molecular formula is C12H18N2O4S. The van der Waals surface area contributed by atoms with E-state index in [9.17, 15) is 8.42 Å². The lowest BCUT2D eigenvalue weighted by Gasteiger charge is -2.14. The topological polar surface area (TPSA) is 102 Å². The normalized spacial score (nSPS) is 17.1. The van der Waals surface area contributed by atoms with Crippen LogP contribution in [0.5, 0.6) is 5.75 Å². The Morgan fingerprint density at radius 1 is 1.42 bits per heavy atom. The van der Waals surface area contributed by atoms with Gasteiger partial charge >= 0.3 is 0 Å². The van der Waals surface area contributed by atoms with Crippen LogP contribution in [-0.2, 0) is 10.0 Å². The molecule has 2 rings (SSSR count). The van der Waals surface area contributed by atoms with Gasteiger partial charge in [-0.1, -0.05) is 6.07 Å². The minimum Gasteiger partial charge on any atom is -0.492 e. The molecule has 6 nitrogen and oxygen atoms in total. The van der Waals surface area contributed by atoms with E-state index < -0.39 is 15.6 Å². The van der Waals surface area contributed by atoms with E-state index in [1.165, 1.54) is 0 Å². The first-order valence-electron chi connectivity index (χ1n) is 6.06. The van der Waals surface area contributed by atoms with Crippen LogP contribution >= 0.6 is 0 Å². The Balaban J connectivity index is 1.82. The second-order valence-electron chi connectivity index (χ2n) is 4.78. The van der Waals surface area contributed by atoms with Gasteiger partial charge < -0.3 is 15.6 Å². The van der Waals surface area contributed by atoms with Crippen molar-refractivity contribution in [1.82, 2.24) is 4.72 Å². The first-order chi connectivity index (χ1) is 8.95. The van der Waals surface area contributed by atoms with Crippen LogP contribution < -0.4 is 15.2 Å². The highest BCUT2D eigenvalue weighted by atomic mass is 32.2. The van der Waals surface area contributed by atoms with Crippen molar-refractivity contribution in [2.75, 3.05) is 24.7 Å². The molecule has 0 spiro atoms. The maximum Gasteiger partial charge on any atom is 0.215 e. The standard InChI is InChI=1S/C12H18N2O4S/c13-10-2-1-3-11(8-10)18-6-7-19(16,17)14-12(9-15)4-5-12/h1-3,8,14-15H,4-7,9,13H2. The number of hydrogen-bond donors (Lipinski definition) is 3. The lowest BCUT2D eigenvalue weighted by molar-refractivity contribution is 0.246. The van der Waals surface area contributed by atoms with Crippen molar-refractivity contribution in [2.24, 2.45) is 0 Å². The summed E-state index contributed by atoms with van der Waals surface area (Å²) in [6.07, 6.45) is 1.36. The van der Waals surface area contributed by atoms with Crippen molar-refractivity contribution in [2.45, 2.75) is 18.4 Å². The van der Waals surface area contributed by atoms with Crippen LogP contribution in [0.1, 0.15) is 12.8 Å². The summed E-state index contributed by atoms with van der Waals surface area (Å²) in [4.78, 5) is 0. The van der Waals surface area contributed by atoms with Gasteiger partial charge in [0.05, 0.1) is 17.9 Å². The summed E-state index contributed by atoms with van der Waals surface area (Å²) in [6, 6.07) is 6.81. The number of nitrogens with two attached hydrogens (primary N) is 1. The predicted molar refractivity (Wildman–Crippen MR) is 72.3 cm³/mol. The number of ether oxygens (including phenoxy) is 1. The van der Waals surface area contributed by atoms with Crippen LogP contribution in [-0.4, -0.2) is 38.0 Å². The van der Waals surface area contributed by atoms with E-state index in [0.29, 0.717) is 24.3 Å². The fourth-order valence-electron chi connectivity index (χ4n) is 1.70. The zero-order valence-corrected chi connectivity index (χ0v) is 11.3. The summed E-state index contributed by atoms with van der Waals surface area (Å²) in [7, 11) is -3.44. The Labute approximate surface area is 112 Å². The van der Waals surface area contributed by atoms with Crippen LogP contribution in [0.4, 0.5) is 5.69 Å². The highest BCUT2D eigenvalue weighted by Crippen LogP contribution is 2.35. The number of aliphatic hydroxyl groups is 1. The van der Waals surface area contributed by atoms with E-state index in [1.807, 2.05) is 0 Å². The fraction of sp³-hybridized carbons (Fsp3) is 0.500. The number of rotatable bonds is 7. The van der Waals surface area contributed by atoms with Crippen molar-refractivity contribution in [3.8, 4) is 5.75 Å². The molecule has 1 saturated carbocycles. The molecule has 1 aliphatic rings. The van der Waals surface area contributed by atoms with E-state index in [1.54, 1.807) is 24.3 Å². The first kappa shape index (κ1) is 14.1. The monoisotopic (exact) mass is 286 g/mol. The van der Waals surface area contributed by atoms with E-state index in [-0.39, 0.29) is 19.0 Å². The van der Waals surface area contributed by atoms with Gasteiger partial charge in [0.2, 0.25) is 10.0 Å². The van der Waals surface area contributed by atoms with Crippen molar-refractivity contribution >= 4 is 15.7 Å². The minimum atomic E-state index is -3.44. The average Bonchev–Trinajstić information content (AvgIpc) is 3.08. The molecule has 0 radical (unpaired) electrons. The Hall–Kier alpha value is -1.31. The molecule has 0 amide bonds. The third-order valence-electron chi connectivity index (χ3n) is 3.01. The van der Waals surface area contributed by atoms with Crippen LogP contribution in [0.2, 0.25) is 0 Å². The number of benzene rings is 1. The van der Waals surface area contributed by atoms with Crippen molar-refractivity contribution < 1.29 is 18.3 Å². The molecule has 0 saturated heterocycles. The molecule has 0 atom stereocenters. The zero-order chi connectivity index (χ0) is 13.9. The highest BCUT2D eigenvalue weighted by Gasteiger charge is 2.45. The SMILES string of the molecule is Nc1cccc(OCCS(=O)(=O)NC2(CO)CC2)c1. The summed E-state index contributed by atoms with van der Waals surface area (Å²) in [5.74, 6) is 0.391. The molecule has 7 heteroatoms. The van der Waals surface area contributed by atoms with Crippen molar-refractivity contribution in [1.29, 1.82) is 0 Å². The summed E-state index contributed by atoms with van der Waals surface area (Å²) in [6.45, 7) is -0.122. The molecule has 1 aliphatic carbocycles. The maximum absolute atomic E-state index is 11.8. The maximum atomic E-state index is 11.8.